The molecule has 2 heterocycles. The van der Waals surface area contributed by atoms with Gasteiger partial charge in [0.25, 0.3) is 0 Å². The van der Waals surface area contributed by atoms with E-state index in [9.17, 15) is 9.90 Å². The number of hydrogen-bond donors (Lipinski definition) is 2. The molecule has 0 aliphatic carbocycles. The molecule has 1 fully saturated rings. The van der Waals surface area contributed by atoms with Crippen molar-refractivity contribution in [2.24, 2.45) is 0 Å². The van der Waals surface area contributed by atoms with Gasteiger partial charge in [-0.2, -0.15) is 0 Å². The zero-order valence-electron chi connectivity index (χ0n) is 11.1. The molecule has 0 amide bonds. The molecule has 1 aromatic heterocycles. The predicted octanol–water partition coefficient (Wildman–Crippen LogP) is 1.59. The molecular formula is C14H15N3O3. The fourth-order valence-electron chi connectivity index (χ4n) is 2.32. The molecule has 3 rings (SSSR count). The van der Waals surface area contributed by atoms with Crippen molar-refractivity contribution in [2.45, 2.75) is 18.9 Å². The van der Waals surface area contributed by atoms with E-state index in [-0.39, 0.29) is 6.61 Å². The number of carboxylic acid groups (broad SMARTS) is 1. The first-order valence-corrected chi connectivity index (χ1v) is 6.43. The molecular weight excluding hydrogens is 258 g/mol. The third kappa shape index (κ3) is 2.08. The zero-order valence-corrected chi connectivity index (χ0v) is 11.1. The van der Waals surface area contributed by atoms with Gasteiger partial charge in [-0.25, -0.2) is 14.8 Å². The zero-order chi connectivity index (χ0) is 14.2. The van der Waals surface area contributed by atoms with Gasteiger partial charge >= 0.3 is 5.97 Å². The van der Waals surface area contributed by atoms with Gasteiger partial charge in [0.05, 0.1) is 23.3 Å². The smallest absolute Gasteiger partial charge is 0.331 e. The molecule has 2 N–H and O–H groups in total. The van der Waals surface area contributed by atoms with Gasteiger partial charge in [0, 0.05) is 13.0 Å². The monoisotopic (exact) mass is 273 g/mol. The van der Waals surface area contributed by atoms with Crippen LogP contribution in [0, 0.1) is 6.92 Å². The highest BCUT2D eigenvalue weighted by atomic mass is 16.5. The first-order valence-electron chi connectivity index (χ1n) is 6.43. The maximum absolute atomic E-state index is 11.5. The van der Waals surface area contributed by atoms with Gasteiger partial charge in [0.1, 0.15) is 5.82 Å². The quantitative estimate of drug-likeness (QED) is 0.883. The average Bonchev–Trinajstić information content (AvgIpc) is 2.89. The Kier molecular flexibility index (Phi) is 3.02. The van der Waals surface area contributed by atoms with Gasteiger partial charge in [0.2, 0.25) is 0 Å². The highest BCUT2D eigenvalue weighted by Crippen LogP contribution is 2.26. The lowest BCUT2D eigenvalue weighted by Gasteiger charge is -2.25. The van der Waals surface area contributed by atoms with Crippen molar-refractivity contribution in [3.05, 3.63) is 30.0 Å². The summed E-state index contributed by atoms with van der Waals surface area (Å²) in [7, 11) is 0. The molecule has 104 valence electrons. The van der Waals surface area contributed by atoms with E-state index in [2.05, 4.69) is 15.3 Å². The topological polar surface area (TPSA) is 84.3 Å². The summed E-state index contributed by atoms with van der Waals surface area (Å²) in [5.74, 6) is -0.430. The lowest BCUT2D eigenvalue weighted by molar-refractivity contribution is -0.142. The lowest BCUT2D eigenvalue weighted by atomic mass is 9.99. The van der Waals surface area contributed by atoms with E-state index in [1.807, 2.05) is 31.2 Å². The summed E-state index contributed by atoms with van der Waals surface area (Å²) in [6.07, 6.45) is 0.413. The number of nitrogens with zero attached hydrogens (tertiary/aromatic N) is 2. The normalized spacial score (nSPS) is 22.1. The Hall–Kier alpha value is -2.21. The Labute approximate surface area is 115 Å². The van der Waals surface area contributed by atoms with Crippen molar-refractivity contribution in [3.63, 3.8) is 0 Å². The van der Waals surface area contributed by atoms with Crippen molar-refractivity contribution >= 4 is 22.8 Å². The number of aromatic nitrogens is 2. The fraction of sp³-hybridized carbons (Fsp3) is 0.357. The van der Waals surface area contributed by atoms with Crippen molar-refractivity contribution in [3.8, 4) is 0 Å². The number of rotatable bonds is 3. The standard InChI is InChI=1S/C14H15N3O3/c1-9-12(16-11-5-3-2-4-10(11)15-9)17-14(13(18)19)6-7-20-8-14/h2-5H,6-8H2,1H3,(H,16,17)(H,18,19). The van der Waals surface area contributed by atoms with Crippen LogP contribution in [0.4, 0.5) is 5.82 Å². The highest BCUT2D eigenvalue weighted by Gasteiger charge is 2.43. The minimum absolute atomic E-state index is 0.135. The van der Waals surface area contributed by atoms with E-state index < -0.39 is 11.5 Å². The summed E-state index contributed by atoms with van der Waals surface area (Å²) < 4.78 is 5.23. The summed E-state index contributed by atoms with van der Waals surface area (Å²) in [5.41, 5.74) is 1.10. The first kappa shape index (κ1) is 12.8. The third-order valence-electron chi connectivity index (χ3n) is 3.53. The molecule has 6 nitrogen and oxygen atoms in total. The number of carboxylic acids is 1. The molecule has 20 heavy (non-hydrogen) atoms. The SMILES string of the molecule is Cc1nc2ccccc2nc1NC1(C(=O)O)CCOC1. The van der Waals surface area contributed by atoms with Gasteiger partial charge in [-0.15, -0.1) is 0 Å². The van der Waals surface area contributed by atoms with Gasteiger partial charge < -0.3 is 15.2 Å². The second kappa shape index (κ2) is 4.72. The van der Waals surface area contributed by atoms with Crippen LogP contribution in [-0.2, 0) is 9.53 Å². The molecule has 2 aromatic rings. The highest BCUT2D eigenvalue weighted by molar-refractivity contribution is 5.84. The summed E-state index contributed by atoms with van der Waals surface area (Å²) >= 11 is 0. The van der Waals surface area contributed by atoms with Crippen LogP contribution in [0.15, 0.2) is 24.3 Å². The molecule has 1 aromatic carbocycles. The van der Waals surface area contributed by atoms with Crippen LogP contribution in [-0.4, -0.2) is 39.8 Å². The number of aliphatic carboxylic acids is 1. The fourth-order valence-corrected chi connectivity index (χ4v) is 2.32. The number of anilines is 1. The van der Waals surface area contributed by atoms with Crippen molar-refractivity contribution in [1.82, 2.24) is 9.97 Å². The Morgan fingerprint density at radius 1 is 1.35 bits per heavy atom. The minimum Gasteiger partial charge on any atom is -0.479 e. The van der Waals surface area contributed by atoms with Crippen molar-refractivity contribution < 1.29 is 14.6 Å². The minimum atomic E-state index is -1.11. The van der Waals surface area contributed by atoms with Crippen LogP contribution in [0.5, 0.6) is 0 Å². The van der Waals surface area contributed by atoms with E-state index in [1.54, 1.807) is 0 Å². The second-order valence-corrected chi connectivity index (χ2v) is 4.96. The lowest BCUT2D eigenvalue weighted by Crippen LogP contribution is -2.47. The average molecular weight is 273 g/mol. The van der Waals surface area contributed by atoms with E-state index in [4.69, 9.17) is 4.74 Å². The Balaban J connectivity index is 2.01. The molecule has 1 aliphatic rings. The number of ether oxygens (including phenoxy) is 1. The molecule has 0 spiro atoms. The van der Waals surface area contributed by atoms with Crippen molar-refractivity contribution in [1.29, 1.82) is 0 Å². The van der Waals surface area contributed by atoms with Gasteiger partial charge in [-0.1, -0.05) is 12.1 Å². The summed E-state index contributed by atoms with van der Waals surface area (Å²) in [6, 6.07) is 7.51. The van der Waals surface area contributed by atoms with Crippen molar-refractivity contribution in [2.75, 3.05) is 18.5 Å². The Morgan fingerprint density at radius 2 is 2.05 bits per heavy atom. The number of fused-ring (bicyclic) bond motifs is 1. The van der Waals surface area contributed by atoms with Crippen LogP contribution >= 0.6 is 0 Å². The molecule has 1 atom stereocenters. The van der Waals surface area contributed by atoms with E-state index in [1.165, 1.54) is 0 Å². The number of benzene rings is 1. The molecule has 1 aliphatic heterocycles. The third-order valence-corrected chi connectivity index (χ3v) is 3.53. The van der Waals surface area contributed by atoms with Crippen LogP contribution in [0.1, 0.15) is 12.1 Å². The molecule has 0 radical (unpaired) electrons. The van der Waals surface area contributed by atoms with E-state index >= 15 is 0 Å². The molecule has 0 saturated carbocycles. The predicted molar refractivity (Wildman–Crippen MR) is 73.7 cm³/mol. The van der Waals surface area contributed by atoms with E-state index in [0.29, 0.717) is 24.5 Å². The number of nitrogens with one attached hydrogen (secondary N) is 1. The van der Waals surface area contributed by atoms with Gasteiger partial charge in [-0.3, -0.25) is 0 Å². The first-order chi connectivity index (χ1) is 9.61. The Bertz CT molecular complexity index is 666. The van der Waals surface area contributed by atoms with Crippen LogP contribution in [0.25, 0.3) is 11.0 Å². The van der Waals surface area contributed by atoms with Crippen LogP contribution in [0.2, 0.25) is 0 Å². The molecule has 1 unspecified atom stereocenters. The molecule has 1 saturated heterocycles. The van der Waals surface area contributed by atoms with Crippen LogP contribution in [0.3, 0.4) is 0 Å². The van der Waals surface area contributed by atoms with E-state index in [0.717, 1.165) is 11.0 Å². The summed E-state index contributed by atoms with van der Waals surface area (Å²) in [4.78, 5) is 20.4. The molecule has 6 heteroatoms. The molecule has 0 bridgehead atoms. The number of hydrogen-bond acceptors (Lipinski definition) is 5. The largest absolute Gasteiger partial charge is 0.479 e. The summed E-state index contributed by atoms with van der Waals surface area (Å²) in [6.45, 7) is 2.38. The Morgan fingerprint density at radius 3 is 2.65 bits per heavy atom. The number of aryl methyl sites for hydroxylation is 1. The number of carbonyl (C=O) groups is 1. The van der Waals surface area contributed by atoms with Gasteiger partial charge in [0.15, 0.2) is 5.54 Å². The van der Waals surface area contributed by atoms with Crippen LogP contribution < -0.4 is 5.32 Å². The second-order valence-electron chi connectivity index (χ2n) is 4.96. The number of para-hydroxylation sites is 2. The van der Waals surface area contributed by atoms with Gasteiger partial charge in [-0.05, 0) is 19.1 Å². The maximum Gasteiger partial charge on any atom is 0.331 e. The summed E-state index contributed by atoms with van der Waals surface area (Å²) in [5, 5.41) is 12.5. The maximum atomic E-state index is 11.5.